The molecule has 1 fully saturated rings. The molecule has 1 aromatic carbocycles. The van der Waals surface area contributed by atoms with E-state index >= 15 is 0 Å². The van der Waals surface area contributed by atoms with Gasteiger partial charge in [0.2, 0.25) is 5.95 Å². The number of hydrogen-bond donors (Lipinski definition) is 1. The molecule has 3 rings (SSSR count). The van der Waals surface area contributed by atoms with Gasteiger partial charge in [-0.1, -0.05) is 23.8 Å². The zero-order chi connectivity index (χ0) is 15.7. The molecule has 1 saturated carbocycles. The lowest BCUT2D eigenvalue weighted by Crippen LogP contribution is -2.05. The largest absolute Gasteiger partial charge is 0.245 e. The molecule has 1 N–H and O–H groups in total. The molecular formula is C18H22N4. The molecule has 0 radical (unpaired) electrons. The highest BCUT2D eigenvalue weighted by Crippen LogP contribution is 2.39. The third kappa shape index (κ3) is 3.32. The van der Waals surface area contributed by atoms with Gasteiger partial charge in [0.15, 0.2) is 0 Å². The van der Waals surface area contributed by atoms with Crippen molar-refractivity contribution in [2.75, 3.05) is 5.43 Å². The standard InChI is InChI=1S/C18H22N4/c1-11-5-8-16(12(2)9-11)14(4)21-22-18-19-13(3)10-17(20-18)15-6-7-15/h5,8-10,15H,6-7H2,1-4H3,(H,19,20,22)/b21-14-. The first-order valence-corrected chi connectivity index (χ1v) is 7.76. The molecule has 0 aliphatic heterocycles. The fraction of sp³-hybridized carbons (Fsp3) is 0.389. The first-order chi connectivity index (χ1) is 10.5. The van der Waals surface area contributed by atoms with Gasteiger partial charge in [-0.05, 0) is 52.2 Å². The molecule has 4 nitrogen and oxygen atoms in total. The van der Waals surface area contributed by atoms with Crippen LogP contribution in [0.2, 0.25) is 0 Å². The van der Waals surface area contributed by atoms with Crippen molar-refractivity contribution in [3.63, 3.8) is 0 Å². The van der Waals surface area contributed by atoms with E-state index in [1.165, 1.54) is 24.0 Å². The molecule has 1 aromatic heterocycles. The molecule has 0 saturated heterocycles. The third-order valence-electron chi connectivity index (χ3n) is 3.96. The van der Waals surface area contributed by atoms with Gasteiger partial charge >= 0.3 is 0 Å². The smallest absolute Gasteiger partial charge is 0.243 e. The third-order valence-corrected chi connectivity index (χ3v) is 3.96. The Morgan fingerprint density at radius 1 is 1.14 bits per heavy atom. The van der Waals surface area contributed by atoms with Crippen LogP contribution in [0.15, 0.2) is 29.4 Å². The number of nitrogens with one attached hydrogen (secondary N) is 1. The summed E-state index contributed by atoms with van der Waals surface area (Å²) in [4.78, 5) is 8.99. The molecule has 0 atom stereocenters. The number of anilines is 1. The quantitative estimate of drug-likeness (QED) is 0.682. The number of benzene rings is 1. The Balaban J connectivity index is 1.80. The van der Waals surface area contributed by atoms with E-state index in [0.29, 0.717) is 11.9 Å². The normalized spacial score (nSPS) is 15.0. The van der Waals surface area contributed by atoms with Crippen molar-refractivity contribution in [1.82, 2.24) is 9.97 Å². The number of nitrogens with zero attached hydrogens (tertiary/aromatic N) is 3. The summed E-state index contributed by atoms with van der Waals surface area (Å²) in [5.74, 6) is 1.21. The van der Waals surface area contributed by atoms with Crippen LogP contribution in [-0.2, 0) is 0 Å². The molecule has 0 spiro atoms. The topological polar surface area (TPSA) is 50.2 Å². The summed E-state index contributed by atoms with van der Waals surface area (Å²) in [6, 6.07) is 8.46. The Morgan fingerprint density at radius 2 is 1.91 bits per heavy atom. The number of hydrazone groups is 1. The van der Waals surface area contributed by atoms with Gasteiger partial charge in [0.05, 0.1) is 5.71 Å². The van der Waals surface area contributed by atoms with E-state index in [0.717, 1.165) is 22.7 Å². The maximum absolute atomic E-state index is 4.57. The van der Waals surface area contributed by atoms with Crippen LogP contribution in [0.3, 0.4) is 0 Å². The Labute approximate surface area is 131 Å². The fourth-order valence-corrected chi connectivity index (χ4v) is 2.64. The zero-order valence-corrected chi connectivity index (χ0v) is 13.6. The molecule has 114 valence electrons. The van der Waals surface area contributed by atoms with Gasteiger partial charge in [-0.3, -0.25) is 0 Å². The van der Waals surface area contributed by atoms with Crippen LogP contribution in [0, 0.1) is 20.8 Å². The number of hydrogen-bond acceptors (Lipinski definition) is 4. The second kappa shape index (κ2) is 5.87. The van der Waals surface area contributed by atoms with Crippen LogP contribution < -0.4 is 5.43 Å². The van der Waals surface area contributed by atoms with Crippen molar-refractivity contribution >= 4 is 11.7 Å². The van der Waals surface area contributed by atoms with Crippen LogP contribution in [0.4, 0.5) is 5.95 Å². The number of rotatable bonds is 4. The van der Waals surface area contributed by atoms with Gasteiger partial charge in [-0.15, -0.1) is 0 Å². The van der Waals surface area contributed by atoms with E-state index in [2.05, 4.69) is 58.6 Å². The van der Waals surface area contributed by atoms with Crippen LogP contribution >= 0.6 is 0 Å². The summed E-state index contributed by atoms with van der Waals surface area (Å²) in [5.41, 5.74) is 9.71. The highest BCUT2D eigenvalue weighted by atomic mass is 15.4. The maximum Gasteiger partial charge on any atom is 0.243 e. The first kappa shape index (κ1) is 14.7. The monoisotopic (exact) mass is 294 g/mol. The van der Waals surface area contributed by atoms with Crippen molar-refractivity contribution in [3.05, 3.63) is 52.3 Å². The molecule has 4 heteroatoms. The van der Waals surface area contributed by atoms with Crippen molar-refractivity contribution < 1.29 is 0 Å². The molecule has 0 unspecified atom stereocenters. The number of aryl methyl sites for hydroxylation is 3. The lowest BCUT2D eigenvalue weighted by molar-refractivity contribution is 0.960. The van der Waals surface area contributed by atoms with Gasteiger partial charge in [-0.2, -0.15) is 5.10 Å². The Hall–Kier alpha value is -2.23. The summed E-state index contributed by atoms with van der Waals surface area (Å²) >= 11 is 0. The van der Waals surface area contributed by atoms with Crippen molar-refractivity contribution in [1.29, 1.82) is 0 Å². The molecular weight excluding hydrogens is 272 g/mol. The minimum Gasteiger partial charge on any atom is -0.245 e. The van der Waals surface area contributed by atoms with Gasteiger partial charge in [-0.25, -0.2) is 15.4 Å². The summed E-state index contributed by atoms with van der Waals surface area (Å²) in [5, 5.41) is 4.46. The fourth-order valence-electron chi connectivity index (χ4n) is 2.64. The van der Waals surface area contributed by atoms with E-state index in [1.807, 2.05) is 13.8 Å². The molecule has 22 heavy (non-hydrogen) atoms. The van der Waals surface area contributed by atoms with Gasteiger partial charge in [0.25, 0.3) is 0 Å². The summed E-state index contributed by atoms with van der Waals surface area (Å²) < 4.78 is 0. The van der Waals surface area contributed by atoms with E-state index in [9.17, 15) is 0 Å². The van der Waals surface area contributed by atoms with Crippen molar-refractivity contribution in [3.8, 4) is 0 Å². The van der Waals surface area contributed by atoms with E-state index in [-0.39, 0.29) is 0 Å². The zero-order valence-electron chi connectivity index (χ0n) is 13.6. The molecule has 1 aliphatic rings. The molecule has 1 heterocycles. The van der Waals surface area contributed by atoms with Gasteiger partial charge < -0.3 is 0 Å². The van der Waals surface area contributed by atoms with Crippen molar-refractivity contribution in [2.45, 2.75) is 46.5 Å². The predicted octanol–water partition coefficient (Wildman–Crippen LogP) is 4.12. The van der Waals surface area contributed by atoms with E-state index in [4.69, 9.17) is 0 Å². The van der Waals surface area contributed by atoms with Crippen LogP contribution in [0.1, 0.15) is 53.8 Å². The molecule has 0 bridgehead atoms. The Kier molecular flexibility index (Phi) is 3.92. The SMILES string of the molecule is C/C(=N/Nc1nc(C)cc(C2CC2)n1)c1ccc(C)cc1C. The van der Waals surface area contributed by atoms with Crippen molar-refractivity contribution in [2.24, 2.45) is 5.10 Å². The lowest BCUT2D eigenvalue weighted by Gasteiger charge is -2.08. The lowest BCUT2D eigenvalue weighted by atomic mass is 10.0. The van der Waals surface area contributed by atoms with E-state index < -0.39 is 0 Å². The van der Waals surface area contributed by atoms with Gasteiger partial charge in [0, 0.05) is 22.9 Å². The first-order valence-electron chi connectivity index (χ1n) is 7.76. The van der Waals surface area contributed by atoms with Crippen LogP contribution in [0.5, 0.6) is 0 Å². The summed E-state index contributed by atoms with van der Waals surface area (Å²) in [6.45, 7) is 8.21. The van der Waals surface area contributed by atoms with Crippen LogP contribution in [0.25, 0.3) is 0 Å². The highest BCUT2D eigenvalue weighted by molar-refractivity contribution is 6.00. The Morgan fingerprint density at radius 3 is 2.59 bits per heavy atom. The predicted molar refractivity (Wildman–Crippen MR) is 90.5 cm³/mol. The second-order valence-corrected chi connectivity index (χ2v) is 6.16. The number of aromatic nitrogens is 2. The highest BCUT2D eigenvalue weighted by Gasteiger charge is 2.25. The van der Waals surface area contributed by atoms with E-state index in [1.54, 1.807) is 0 Å². The summed E-state index contributed by atoms with van der Waals surface area (Å²) in [6.07, 6.45) is 2.47. The van der Waals surface area contributed by atoms with Gasteiger partial charge in [0.1, 0.15) is 0 Å². The maximum atomic E-state index is 4.57. The molecule has 0 amide bonds. The Bertz CT molecular complexity index is 730. The summed E-state index contributed by atoms with van der Waals surface area (Å²) in [7, 11) is 0. The second-order valence-electron chi connectivity index (χ2n) is 6.16. The minimum atomic E-state index is 0.589. The van der Waals surface area contributed by atoms with Crippen LogP contribution in [-0.4, -0.2) is 15.7 Å². The average Bonchev–Trinajstić information content (AvgIpc) is 3.29. The molecule has 2 aromatic rings. The molecule has 1 aliphatic carbocycles. The average molecular weight is 294 g/mol. The minimum absolute atomic E-state index is 0.589.